The molecule has 0 atom stereocenters. The number of benzene rings is 1. The van der Waals surface area contributed by atoms with Crippen LogP contribution in [0.5, 0.6) is 5.75 Å². The van der Waals surface area contributed by atoms with Crippen molar-refractivity contribution in [2.45, 2.75) is 19.8 Å². The summed E-state index contributed by atoms with van der Waals surface area (Å²) in [5, 5.41) is 11.0. The first-order chi connectivity index (χ1) is 10.5. The van der Waals surface area contributed by atoms with E-state index in [0.717, 1.165) is 18.9 Å². The van der Waals surface area contributed by atoms with Crippen molar-refractivity contribution in [1.29, 1.82) is 0 Å². The van der Waals surface area contributed by atoms with E-state index in [0.29, 0.717) is 25.3 Å². The fourth-order valence-electron chi connectivity index (χ4n) is 2.36. The summed E-state index contributed by atoms with van der Waals surface area (Å²) in [6.45, 7) is 3.29. The van der Waals surface area contributed by atoms with E-state index in [-0.39, 0.29) is 29.5 Å². The molecule has 0 unspecified atom stereocenters. The number of hydrogen-bond donors (Lipinski definition) is 0. The zero-order valence-electron chi connectivity index (χ0n) is 12.4. The predicted octanol–water partition coefficient (Wildman–Crippen LogP) is 2.04. The van der Waals surface area contributed by atoms with Crippen molar-refractivity contribution in [2.75, 3.05) is 19.7 Å². The average molecular weight is 306 g/mol. The lowest BCUT2D eigenvalue weighted by atomic mass is 9.99. The molecular formula is C15H18N2O5. The van der Waals surface area contributed by atoms with Crippen LogP contribution in [0, 0.1) is 16.0 Å². The van der Waals surface area contributed by atoms with Crippen LogP contribution in [-0.2, 0) is 4.79 Å². The minimum atomic E-state index is -0.630. The van der Waals surface area contributed by atoms with Gasteiger partial charge in [-0.25, -0.2) is 0 Å². The number of nitro groups is 1. The van der Waals surface area contributed by atoms with Gasteiger partial charge >= 0.3 is 5.69 Å². The highest BCUT2D eigenvalue weighted by atomic mass is 16.6. The van der Waals surface area contributed by atoms with Crippen molar-refractivity contribution in [3.05, 3.63) is 33.9 Å². The van der Waals surface area contributed by atoms with Gasteiger partial charge in [0.05, 0.1) is 4.92 Å². The van der Waals surface area contributed by atoms with Crippen LogP contribution in [0.25, 0.3) is 0 Å². The molecule has 7 heteroatoms. The Labute approximate surface area is 128 Å². The van der Waals surface area contributed by atoms with E-state index in [4.69, 9.17) is 4.74 Å². The molecule has 0 saturated carbocycles. The lowest BCUT2D eigenvalue weighted by Crippen LogP contribution is -2.40. The second-order valence-corrected chi connectivity index (χ2v) is 5.45. The number of piperidine rings is 1. The summed E-state index contributed by atoms with van der Waals surface area (Å²) in [5.41, 5.74) is -0.125. The van der Waals surface area contributed by atoms with E-state index in [9.17, 15) is 19.7 Å². The number of amides is 1. The van der Waals surface area contributed by atoms with E-state index in [2.05, 4.69) is 6.92 Å². The van der Waals surface area contributed by atoms with Crippen LogP contribution in [0.1, 0.15) is 30.1 Å². The highest BCUT2D eigenvalue weighted by molar-refractivity contribution is 5.79. The molecule has 1 fully saturated rings. The standard InChI is InChI=1S/C15H18N2O5/c1-11-4-6-16(7-5-11)15(19)10-22-14-3-2-12(9-18)8-13(14)17(20)21/h2-3,8-9,11H,4-7,10H2,1H3. The van der Waals surface area contributed by atoms with Gasteiger partial charge in [-0.3, -0.25) is 19.7 Å². The second kappa shape index (κ2) is 7.02. The number of carbonyl (C=O) groups excluding carboxylic acids is 2. The number of aldehydes is 1. The topological polar surface area (TPSA) is 89.8 Å². The fraction of sp³-hybridized carbons (Fsp3) is 0.467. The molecule has 7 nitrogen and oxygen atoms in total. The summed E-state index contributed by atoms with van der Waals surface area (Å²) >= 11 is 0. The Hall–Kier alpha value is -2.44. The summed E-state index contributed by atoms with van der Waals surface area (Å²) in [6.07, 6.45) is 2.44. The number of rotatable bonds is 5. The van der Waals surface area contributed by atoms with E-state index >= 15 is 0 Å². The van der Waals surface area contributed by atoms with E-state index in [1.807, 2.05) is 0 Å². The number of hydrogen-bond acceptors (Lipinski definition) is 5. The minimum absolute atomic E-state index is 0.00525. The lowest BCUT2D eigenvalue weighted by Gasteiger charge is -2.30. The SMILES string of the molecule is CC1CCN(C(=O)COc2ccc(C=O)cc2[N+](=O)[O-])CC1. The zero-order valence-corrected chi connectivity index (χ0v) is 12.4. The van der Waals surface area contributed by atoms with Gasteiger partial charge in [0, 0.05) is 24.7 Å². The summed E-state index contributed by atoms with van der Waals surface area (Å²) < 4.78 is 5.29. The third-order valence-corrected chi connectivity index (χ3v) is 3.80. The summed E-state index contributed by atoms with van der Waals surface area (Å²) in [4.78, 5) is 34.8. The highest BCUT2D eigenvalue weighted by Gasteiger charge is 2.22. The Morgan fingerprint density at radius 1 is 1.45 bits per heavy atom. The van der Waals surface area contributed by atoms with Gasteiger partial charge in [0.25, 0.3) is 5.91 Å². The smallest absolute Gasteiger partial charge is 0.311 e. The minimum Gasteiger partial charge on any atom is -0.477 e. The van der Waals surface area contributed by atoms with Crippen LogP contribution in [0.15, 0.2) is 18.2 Å². The van der Waals surface area contributed by atoms with Gasteiger partial charge < -0.3 is 9.64 Å². The highest BCUT2D eigenvalue weighted by Crippen LogP contribution is 2.27. The summed E-state index contributed by atoms with van der Waals surface area (Å²) in [6, 6.07) is 3.89. The molecule has 1 amide bonds. The first-order valence-corrected chi connectivity index (χ1v) is 7.15. The molecule has 0 aromatic heterocycles. The van der Waals surface area contributed by atoms with Crippen LogP contribution in [0.2, 0.25) is 0 Å². The molecule has 22 heavy (non-hydrogen) atoms. The summed E-state index contributed by atoms with van der Waals surface area (Å²) in [7, 11) is 0. The number of ether oxygens (including phenoxy) is 1. The van der Waals surface area contributed by atoms with Gasteiger partial charge in [-0.15, -0.1) is 0 Å². The van der Waals surface area contributed by atoms with Crippen molar-refractivity contribution >= 4 is 17.9 Å². The Morgan fingerprint density at radius 2 is 2.14 bits per heavy atom. The van der Waals surface area contributed by atoms with Crippen LogP contribution in [0.4, 0.5) is 5.69 Å². The first-order valence-electron chi connectivity index (χ1n) is 7.15. The predicted molar refractivity (Wildman–Crippen MR) is 79.0 cm³/mol. The third kappa shape index (κ3) is 3.81. The largest absolute Gasteiger partial charge is 0.477 e. The molecule has 1 saturated heterocycles. The Bertz CT molecular complexity index is 579. The molecule has 0 spiro atoms. The maximum atomic E-state index is 12.1. The van der Waals surface area contributed by atoms with Gasteiger partial charge in [-0.2, -0.15) is 0 Å². The Kier molecular flexibility index (Phi) is 5.08. The van der Waals surface area contributed by atoms with Gasteiger partial charge in [-0.1, -0.05) is 6.92 Å². The van der Waals surface area contributed by atoms with Gasteiger partial charge in [0.2, 0.25) is 0 Å². The van der Waals surface area contributed by atoms with Crippen molar-refractivity contribution in [1.82, 2.24) is 4.90 Å². The normalized spacial score (nSPS) is 15.4. The number of nitrogens with zero attached hydrogens (tertiary/aromatic N) is 2. The molecule has 118 valence electrons. The van der Waals surface area contributed by atoms with Crippen LogP contribution < -0.4 is 4.74 Å². The number of likely N-dealkylation sites (tertiary alicyclic amines) is 1. The Morgan fingerprint density at radius 3 is 2.73 bits per heavy atom. The van der Waals surface area contributed by atoms with Crippen molar-refractivity contribution in [3.63, 3.8) is 0 Å². The maximum absolute atomic E-state index is 12.1. The summed E-state index contributed by atoms with van der Waals surface area (Å²) in [5.74, 6) is 0.428. The quantitative estimate of drug-likeness (QED) is 0.472. The molecule has 1 heterocycles. The van der Waals surface area contributed by atoms with Gasteiger partial charge in [0.15, 0.2) is 12.4 Å². The van der Waals surface area contributed by atoms with Crippen LogP contribution in [-0.4, -0.2) is 41.7 Å². The molecule has 1 aliphatic rings. The van der Waals surface area contributed by atoms with E-state index in [1.54, 1.807) is 4.90 Å². The first kappa shape index (κ1) is 15.9. The molecule has 0 radical (unpaired) electrons. The van der Waals surface area contributed by atoms with Crippen LogP contribution >= 0.6 is 0 Å². The van der Waals surface area contributed by atoms with Crippen molar-refractivity contribution in [3.8, 4) is 5.75 Å². The molecule has 2 rings (SSSR count). The maximum Gasteiger partial charge on any atom is 0.311 e. The fourth-order valence-corrected chi connectivity index (χ4v) is 2.36. The lowest BCUT2D eigenvalue weighted by molar-refractivity contribution is -0.385. The average Bonchev–Trinajstić information content (AvgIpc) is 2.53. The monoisotopic (exact) mass is 306 g/mol. The molecular weight excluding hydrogens is 288 g/mol. The second-order valence-electron chi connectivity index (χ2n) is 5.45. The molecule has 1 aromatic carbocycles. The number of carbonyl (C=O) groups is 2. The van der Waals surface area contributed by atoms with Gasteiger partial charge in [-0.05, 0) is 30.9 Å². The Balaban J connectivity index is 2.00. The van der Waals surface area contributed by atoms with E-state index in [1.165, 1.54) is 12.1 Å². The van der Waals surface area contributed by atoms with Crippen molar-refractivity contribution in [2.24, 2.45) is 5.92 Å². The van der Waals surface area contributed by atoms with E-state index < -0.39 is 4.92 Å². The number of nitro benzene ring substituents is 1. The van der Waals surface area contributed by atoms with Gasteiger partial charge in [0.1, 0.15) is 6.29 Å². The molecule has 0 bridgehead atoms. The molecule has 1 aromatic rings. The third-order valence-electron chi connectivity index (χ3n) is 3.80. The molecule has 1 aliphatic heterocycles. The van der Waals surface area contributed by atoms with Crippen molar-refractivity contribution < 1.29 is 19.2 Å². The zero-order chi connectivity index (χ0) is 16.1. The molecule has 0 N–H and O–H groups in total. The van der Waals surface area contributed by atoms with Crippen LogP contribution in [0.3, 0.4) is 0 Å². The molecule has 0 aliphatic carbocycles.